The van der Waals surface area contributed by atoms with Crippen LogP contribution in [-0.4, -0.2) is 24.7 Å². The van der Waals surface area contributed by atoms with Crippen LogP contribution >= 0.6 is 0 Å². The number of ether oxygens (including phenoxy) is 2. The van der Waals surface area contributed by atoms with E-state index in [-0.39, 0.29) is 6.29 Å². The summed E-state index contributed by atoms with van der Waals surface area (Å²) in [6.45, 7) is -1.24. The molecule has 0 atom stereocenters. The van der Waals surface area contributed by atoms with Crippen molar-refractivity contribution in [2.45, 2.75) is 19.3 Å². The molecule has 116 valence electrons. The molecule has 22 heavy (non-hydrogen) atoms. The number of aromatic nitrogens is 1. The van der Waals surface area contributed by atoms with E-state index >= 15 is 0 Å². The van der Waals surface area contributed by atoms with Crippen molar-refractivity contribution in [1.29, 1.82) is 0 Å². The van der Waals surface area contributed by atoms with Crippen molar-refractivity contribution >= 4 is 5.69 Å². The summed E-state index contributed by atoms with van der Waals surface area (Å²) in [7, 11) is 0. The van der Waals surface area contributed by atoms with Crippen molar-refractivity contribution < 1.29 is 18.3 Å². The summed E-state index contributed by atoms with van der Waals surface area (Å²) in [5.74, 6) is 0. The third kappa shape index (κ3) is 3.58. The molecular formula is C16H16F2N2O2. The molecule has 0 saturated carbocycles. The molecule has 3 rings (SSSR count). The van der Waals surface area contributed by atoms with Crippen LogP contribution in [0.5, 0.6) is 0 Å². The predicted molar refractivity (Wildman–Crippen MR) is 78.6 cm³/mol. The Bertz CT molecular complexity index is 614. The first-order valence-electron chi connectivity index (χ1n) is 7.07. The molecule has 6 heteroatoms. The molecule has 1 N–H and O–H groups in total. The number of alkyl halides is 2. The smallest absolute Gasteiger partial charge is 0.312 e. The van der Waals surface area contributed by atoms with Gasteiger partial charge in [-0.3, -0.25) is 4.98 Å². The molecule has 0 spiro atoms. The maximum Gasteiger partial charge on any atom is 0.312 e. The Morgan fingerprint density at radius 3 is 2.64 bits per heavy atom. The Balaban J connectivity index is 1.77. The second-order valence-corrected chi connectivity index (χ2v) is 4.93. The van der Waals surface area contributed by atoms with Gasteiger partial charge in [0.1, 0.15) is 0 Å². The van der Waals surface area contributed by atoms with E-state index in [9.17, 15) is 8.78 Å². The fourth-order valence-electron chi connectivity index (χ4n) is 2.29. The number of anilines is 1. The van der Waals surface area contributed by atoms with Crippen molar-refractivity contribution in [2.75, 3.05) is 18.5 Å². The predicted octanol–water partition coefficient (Wildman–Crippen LogP) is 3.82. The van der Waals surface area contributed by atoms with Gasteiger partial charge in [-0.15, -0.1) is 0 Å². The van der Waals surface area contributed by atoms with E-state index in [0.717, 1.165) is 17.5 Å². The van der Waals surface area contributed by atoms with Gasteiger partial charge in [-0.05, 0) is 24.6 Å². The molecule has 2 heterocycles. The Kier molecular flexibility index (Phi) is 4.60. The molecule has 1 aliphatic rings. The van der Waals surface area contributed by atoms with Gasteiger partial charge in [0.25, 0.3) is 0 Å². The first-order chi connectivity index (χ1) is 10.7. The molecule has 2 aromatic rings. The summed E-state index contributed by atoms with van der Waals surface area (Å²) in [5, 5.41) is 2.08. The fraction of sp³-hybridized carbons (Fsp3) is 0.312. The number of nitrogens with zero attached hydrogens (tertiary/aromatic N) is 1. The highest BCUT2D eigenvalue weighted by Crippen LogP contribution is 2.26. The number of benzene rings is 1. The lowest BCUT2D eigenvalue weighted by atomic mass is 10.1. The van der Waals surface area contributed by atoms with Gasteiger partial charge in [0, 0.05) is 23.0 Å². The van der Waals surface area contributed by atoms with Gasteiger partial charge in [-0.2, -0.15) is 8.78 Å². The van der Waals surface area contributed by atoms with E-state index in [2.05, 4.69) is 10.3 Å². The monoisotopic (exact) mass is 306 g/mol. The van der Waals surface area contributed by atoms with Crippen LogP contribution in [0.25, 0.3) is 11.3 Å². The van der Waals surface area contributed by atoms with Crippen LogP contribution < -0.4 is 5.32 Å². The number of pyridine rings is 1. The summed E-state index contributed by atoms with van der Waals surface area (Å²) in [4.78, 5) is 4.37. The fourth-order valence-corrected chi connectivity index (χ4v) is 2.29. The Hall–Kier alpha value is -2.05. The van der Waals surface area contributed by atoms with Crippen LogP contribution in [0.15, 0.2) is 42.6 Å². The molecule has 1 fully saturated rings. The summed E-state index contributed by atoms with van der Waals surface area (Å²) in [5.41, 5.74) is 2.68. The Morgan fingerprint density at radius 1 is 1.14 bits per heavy atom. The lowest BCUT2D eigenvalue weighted by molar-refractivity contribution is -0.183. The molecule has 0 radical (unpaired) electrons. The molecule has 1 aliphatic heterocycles. The van der Waals surface area contributed by atoms with Gasteiger partial charge in [-0.25, -0.2) is 0 Å². The van der Waals surface area contributed by atoms with Crippen LogP contribution in [0.4, 0.5) is 14.5 Å². The normalized spacial score (nSPS) is 16.0. The minimum absolute atomic E-state index is 0.359. The first kappa shape index (κ1) is 14.9. The lowest BCUT2D eigenvalue weighted by Crippen LogP contribution is -2.17. The molecule has 1 aromatic carbocycles. The third-order valence-corrected chi connectivity index (χ3v) is 3.32. The summed E-state index contributed by atoms with van der Waals surface area (Å²) < 4.78 is 35.8. The van der Waals surface area contributed by atoms with Gasteiger partial charge in [0.2, 0.25) is 0 Å². The topological polar surface area (TPSA) is 43.4 Å². The SMILES string of the molecule is FC(F)Nc1cccc(-c2ccc(C3OCCCO3)cn2)c1. The number of rotatable bonds is 4. The summed E-state index contributed by atoms with van der Waals surface area (Å²) in [6.07, 6.45) is 2.21. The minimum Gasteiger partial charge on any atom is -0.348 e. The molecule has 1 aromatic heterocycles. The van der Waals surface area contributed by atoms with Crippen LogP contribution in [0.3, 0.4) is 0 Å². The van der Waals surface area contributed by atoms with Crippen molar-refractivity contribution in [2.24, 2.45) is 0 Å². The summed E-state index contributed by atoms with van der Waals surface area (Å²) >= 11 is 0. The van der Waals surface area contributed by atoms with Crippen molar-refractivity contribution in [3.63, 3.8) is 0 Å². The largest absolute Gasteiger partial charge is 0.348 e. The lowest BCUT2D eigenvalue weighted by Gasteiger charge is -2.23. The second-order valence-electron chi connectivity index (χ2n) is 4.93. The molecule has 4 nitrogen and oxygen atoms in total. The molecule has 0 unspecified atom stereocenters. The first-order valence-corrected chi connectivity index (χ1v) is 7.07. The number of halogens is 2. The minimum atomic E-state index is -2.59. The van der Waals surface area contributed by atoms with Crippen LogP contribution in [0.1, 0.15) is 18.3 Å². The maximum absolute atomic E-state index is 12.4. The van der Waals surface area contributed by atoms with E-state index in [4.69, 9.17) is 9.47 Å². The number of hydrogen-bond donors (Lipinski definition) is 1. The Labute approximate surface area is 127 Å². The maximum atomic E-state index is 12.4. The van der Waals surface area contributed by atoms with Gasteiger partial charge in [-0.1, -0.05) is 18.2 Å². The highest BCUT2D eigenvalue weighted by Gasteiger charge is 2.16. The Morgan fingerprint density at radius 2 is 1.95 bits per heavy atom. The van der Waals surface area contributed by atoms with E-state index in [1.807, 2.05) is 18.2 Å². The average molecular weight is 306 g/mol. The molecular weight excluding hydrogens is 290 g/mol. The van der Waals surface area contributed by atoms with E-state index in [0.29, 0.717) is 24.6 Å². The standard InChI is InChI=1S/C16H16F2N2O2/c17-16(18)20-13-4-1-3-11(9-13)14-6-5-12(10-19-14)15-21-7-2-8-22-15/h1,3-6,9-10,15-16,20H,2,7-8H2. The van der Waals surface area contributed by atoms with Crippen LogP contribution in [-0.2, 0) is 9.47 Å². The third-order valence-electron chi connectivity index (χ3n) is 3.32. The quantitative estimate of drug-likeness (QED) is 0.872. The number of hydrogen-bond acceptors (Lipinski definition) is 4. The second kappa shape index (κ2) is 6.81. The molecule has 0 aliphatic carbocycles. The summed E-state index contributed by atoms with van der Waals surface area (Å²) in [6, 6.07) is 10.5. The highest BCUT2D eigenvalue weighted by atomic mass is 19.3. The molecule has 0 bridgehead atoms. The van der Waals surface area contributed by atoms with E-state index < -0.39 is 6.55 Å². The highest BCUT2D eigenvalue weighted by molar-refractivity contribution is 5.65. The van der Waals surface area contributed by atoms with Gasteiger partial charge in [0.05, 0.1) is 18.9 Å². The van der Waals surface area contributed by atoms with Gasteiger partial charge >= 0.3 is 6.55 Å². The van der Waals surface area contributed by atoms with E-state index in [1.54, 1.807) is 24.4 Å². The molecule has 0 amide bonds. The van der Waals surface area contributed by atoms with Crippen LogP contribution in [0.2, 0.25) is 0 Å². The van der Waals surface area contributed by atoms with E-state index in [1.165, 1.54) is 0 Å². The zero-order valence-electron chi connectivity index (χ0n) is 11.8. The van der Waals surface area contributed by atoms with Crippen LogP contribution in [0, 0.1) is 0 Å². The van der Waals surface area contributed by atoms with Crippen molar-refractivity contribution in [1.82, 2.24) is 4.98 Å². The van der Waals surface area contributed by atoms with Gasteiger partial charge in [0.15, 0.2) is 6.29 Å². The zero-order chi connectivity index (χ0) is 15.4. The average Bonchev–Trinajstić information content (AvgIpc) is 2.55. The molecule has 1 saturated heterocycles. The van der Waals surface area contributed by atoms with Crippen molar-refractivity contribution in [3.8, 4) is 11.3 Å². The zero-order valence-corrected chi connectivity index (χ0v) is 11.8. The van der Waals surface area contributed by atoms with Gasteiger partial charge < -0.3 is 14.8 Å². The number of nitrogens with one attached hydrogen (secondary N) is 1. The van der Waals surface area contributed by atoms with Crippen molar-refractivity contribution in [3.05, 3.63) is 48.2 Å².